The van der Waals surface area contributed by atoms with E-state index in [0.29, 0.717) is 15.8 Å². The number of aryl methyl sites for hydroxylation is 1. The second kappa shape index (κ2) is 7.97. The van der Waals surface area contributed by atoms with Crippen LogP contribution in [0.3, 0.4) is 0 Å². The zero-order valence-corrected chi connectivity index (χ0v) is 16.5. The third-order valence-electron chi connectivity index (χ3n) is 4.67. The van der Waals surface area contributed by atoms with Gasteiger partial charge in [0.2, 0.25) is 5.91 Å². The highest BCUT2D eigenvalue weighted by Gasteiger charge is 2.15. The molecule has 146 valence electrons. The van der Waals surface area contributed by atoms with Crippen LogP contribution in [0.25, 0.3) is 21.3 Å². The van der Waals surface area contributed by atoms with E-state index < -0.39 is 0 Å². The summed E-state index contributed by atoms with van der Waals surface area (Å²) in [7, 11) is 0. The molecule has 0 fully saturated rings. The molecule has 0 atom stereocenters. The number of benzene rings is 2. The third-order valence-corrected chi connectivity index (χ3v) is 5.56. The molecular formula is C22H18FN3O2S. The first-order valence-electron chi connectivity index (χ1n) is 9.06. The molecule has 2 aromatic carbocycles. The number of hydrogen-bond donors (Lipinski definition) is 1. The Hall–Kier alpha value is -3.32. The number of rotatable bonds is 5. The summed E-state index contributed by atoms with van der Waals surface area (Å²) in [5, 5.41) is 5.06. The fourth-order valence-electron chi connectivity index (χ4n) is 3.07. The molecule has 0 spiro atoms. The maximum absolute atomic E-state index is 13.7. The average Bonchev–Trinajstić information content (AvgIpc) is 3.15. The van der Waals surface area contributed by atoms with Crippen molar-refractivity contribution in [2.45, 2.75) is 20.0 Å². The lowest BCUT2D eigenvalue weighted by Gasteiger charge is -2.08. The van der Waals surface area contributed by atoms with Crippen molar-refractivity contribution >= 4 is 27.5 Å². The summed E-state index contributed by atoms with van der Waals surface area (Å²) in [5.74, 6) is -0.766. The molecule has 0 aliphatic rings. The van der Waals surface area contributed by atoms with Gasteiger partial charge >= 0.3 is 0 Å². The van der Waals surface area contributed by atoms with Crippen LogP contribution >= 0.6 is 11.3 Å². The molecule has 0 aliphatic carbocycles. The second-order valence-electron chi connectivity index (χ2n) is 6.74. The largest absolute Gasteiger partial charge is 0.350 e. The molecule has 0 saturated heterocycles. The van der Waals surface area contributed by atoms with Gasteiger partial charge in [-0.05, 0) is 18.6 Å². The number of halogens is 1. The lowest BCUT2D eigenvalue weighted by Crippen LogP contribution is -2.32. The van der Waals surface area contributed by atoms with Gasteiger partial charge in [0.15, 0.2) is 0 Å². The number of nitrogens with one attached hydrogen (secondary N) is 1. The number of carbonyl (C=O) groups excluding carboxylic acids is 1. The number of thiophene rings is 1. The van der Waals surface area contributed by atoms with Crippen molar-refractivity contribution in [1.29, 1.82) is 0 Å². The molecular weight excluding hydrogens is 389 g/mol. The van der Waals surface area contributed by atoms with Gasteiger partial charge in [0.05, 0.1) is 11.7 Å². The Balaban J connectivity index is 1.58. The zero-order valence-electron chi connectivity index (χ0n) is 15.7. The Labute approximate surface area is 170 Å². The van der Waals surface area contributed by atoms with E-state index in [1.165, 1.54) is 28.3 Å². The number of nitrogens with zero attached hydrogens (tertiary/aromatic N) is 2. The fourth-order valence-corrected chi connectivity index (χ4v) is 3.98. The quantitative estimate of drug-likeness (QED) is 0.546. The molecule has 4 rings (SSSR count). The minimum Gasteiger partial charge on any atom is -0.350 e. The number of hydrogen-bond acceptors (Lipinski definition) is 4. The van der Waals surface area contributed by atoms with Crippen LogP contribution < -0.4 is 10.9 Å². The predicted octanol–water partition coefficient (Wildman–Crippen LogP) is 3.89. The van der Waals surface area contributed by atoms with Crippen molar-refractivity contribution in [2.75, 3.05) is 0 Å². The summed E-state index contributed by atoms with van der Waals surface area (Å²) < 4.78 is 15.0. The number of amides is 1. The topological polar surface area (TPSA) is 64.0 Å². The van der Waals surface area contributed by atoms with E-state index in [9.17, 15) is 14.0 Å². The lowest BCUT2D eigenvalue weighted by molar-refractivity contribution is -0.121. The molecule has 0 radical (unpaired) electrons. The molecule has 5 nitrogen and oxygen atoms in total. The fraction of sp³-hybridized carbons (Fsp3) is 0.136. The Morgan fingerprint density at radius 2 is 1.93 bits per heavy atom. The van der Waals surface area contributed by atoms with Gasteiger partial charge < -0.3 is 5.32 Å². The van der Waals surface area contributed by atoms with Crippen molar-refractivity contribution in [3.8, 4) is 11.1 Å². The van der Waals surface area contributed by atoms with E-state index >= 15 is 0 Å². The van der Waals surface area contributed by atoms with Gasteiger partial charge in [0.1, 0.15) is 17.2 Å². The smallest absolute Gasteiger partial charge is 0.263 e. The summed E-state index contributed by atoms with van der Waals surface area (Å²) in [6.45, 7) is 1.88. The molecule has 7 heteroatoms. The van der Waals surface area contributed by atoms with Crippen LogP contribution in [0.4, 0.5) is 4.39 Å². The summed E-state index contributed by atoms with van der Waals surface area (Å²) >= 11 is 1.40. The Bertz CT molecular complexity index is 1250. The van der Waals surface area contributed by atoms with E-state index in [0.717, 1.165) is 16.7 Å². The van der Waals surface area contributed by atoms with Crippen molar-refractivity contribution in [1.82, 2.24) is 14.9 Å². The van der Waals surface area contributed by atoms with E-state index in [1.54, 1.807) is 18.2 Å². The molecule has 2 heterocycles. The van der Waals surface area contributed by atoms with Crippen molar-refractivity contribution < 1.29 is 9.18 Å². The first-order valence-corrected chi connectivity index (χ1v) is 9.94. The number of aromatic nitrogens is 2. The zero-order chi connectivity index (χ0) is 20.4. The standard InChI is InChI=1S/C22H18FN3O2S/c1-14-6-8-15(9-7-14)17-12-29-21-20(17)22(28)26(13-25-21)11-19(27)24-10-16-4-2-3-5-18(16)23/h2-9,12-13H,10-11H2,1H3,(H,24,27). The Kier molecular flexibility index (Phi) is 5.22. The van der Waals surface area contributed by atoms with Crippen LogP contribution in [0.5, 0.6) is 0 Å². The summed E-state index contributed by atoms with van der Waals surface area (Å²) in [4.78, 5) is 30.3. The lowest BCUT2D eigenvalue weighted by atomic mass is 10.1. The SMILES string of the molecule is Cc1ccc(-c2csc3ncn(CC(=O)NCc4ccccc4F)c(=O)c23)cc1. The Morgan fingerprint density at radius 1 is 1.17 bits per heavy atom. The first kappa shape index (κ1) is 19.0. The maximum atomic E-state index is 13.7. The van der Waals surface area contributed by atoms with E-state index in [2.05, 4.69) is 10.3 Å². The van der Waals surface area contributed by atoms with E-state index in [1.807, 2.05) is 36.6 Å². The van der Waals surface area contributed by atoms with Crippen LogP contribution in [0.15, 0.2) is 65.0 Å². The highest BCUT2D eigenvalue weighted by atomic mass is 32.1. The second-order valence-corrected chi connectivity index (χ2v) is 7.60. The molecule has 0 bridgehead atoms. The molecule has 0 saturated carbocycles. The van der Waals surface area contributed by atoms with Gasteiger partial charge in [0, 0.05) is 23.1 Å². The van der Waals surface area contributed by atoms with Crippen LogP contribution in [0.2, 0.25) is 0 Å². The minimum absolute atomic E-state index is 0.0585. The van der Waals surface area contributed by atoms with Crippen LogP contribution in [-0.2, 0) is 17.9 Å². The first-order chi connectivity index (χ1) is 14.0. The highest BCUT2D eigenvalue weighted by molar-refractivity contribution is 7.17. The van der Waals surface area contributed by atoms with Crippen LogP contribution in [-0.4, -0.2) is 15.5 Å². The van der Waals surface area contributed by atoms with Crippen LogP contribution in [0.1, 0.15) is 11.1 Å². The molecule has 2 aromatic heterocycles. The third kappa shape index (κ3) is 3.95. The number of fused-ring (bicyclic) bond motifs is 1. The average molecular weight is 407 g/mol. The van der Waals surface area contributed by atoms with Gasteiger partial charge in [-0.25, -0.2) is 9.37 Å². The molecule has 4 aromatic rings. The van der Waals surface area contributed by atoms with Gasteiger partial charge in [-0.2, -0.15) is 0 Å². The van der Waals surface area contributed by atoms with Gasteiger partial charge in [-0.3, -0.25) is 14.2 Å². The van der Waals surface area contributed by atoms with E-state index in [4.69, 9.17) is 0 Å². The predicted molar refractivity (Wildman–Crippen MR) is 112 cm³/mol. The highest BCUT2D eigenvalue weighted by Crippen LogP contribution is 2.30. The van der Waals surface area contributed by atoms with E-state index in [-0.39, 0.29) is 30.4 Å². The number of carbonyl (C=O) groups is 1. The normalized spacial score (nSPS) is 11.0. The molecule has 29 heavy (non-hydrogen) atoms. The van der Waals surface area contributed by atoms with Crippen molar-refractivity contribution in [2.24, 2.45) is 0 Å². The van der Waals surface area contributed by atoms with Gasteiger partial charge in [-0.1, -0.05) is 48.0 Å². The van der Waals surface area contributed by atoms with Crippen LogP contribution in [0, 0.1) is 12.7 Å². The molecule has 1 N–H and O–H groups in total. The minimum atomic E-state index is -0.386. The summed E-state index contributed by atoms with van der Waals surface area (Å²) in [6.07, 6.45) is 1.38. The Morgan fingerprint density at radius 3 is 2.69 bits per heavy atom. The van der Waals surface area contributed by atoms with Gasteiger partial charge in [0.25, 0.3) is 5.56 Å². The molecule has 0 unspecified atom stereocenters. The monoisotopic (exact) mass is 407 g/mol. The maximum Gasteiger partial charge on any atom is 0.263 e. The van der Waals surface area contributed by atoms with Crippen molar-refractivity contribution in [3.05, 3.63) is 87.5 Å². The van der Waals surface area contributed by atoms with Crippen molar-refractivity contribution in [3.63, 3.8) is 0 Å². The van der Waals surface area contributed by atoms with Gasteiger partial charge in [-0.15, -0.1) is 11.3 Å². The summed E-state index contributed by atoms with van der Waals surface area (Å²) in [5.41, 5.74) is 3.00. The summed E-state index contributed by atoms with van der Waals surface area (Å²) in [6, 6.07) is 14.2. The molecule has 1 amide bonds. The molecule has 0 aliphatic heterocycles.